The first-order valence-electron chi connectivity index (χ1n) is 4.31. The van der Waals surface area contributed by atoms with Crippen molar-refractivity contribution in [2.24, 2.45) is 0 Å². The molecule has 14 heavy (non-hydrogen) atoms. The Kier molecular flexibility index (Phi) is 3.73. The third kappa shape index (κ3) is 3.31. The molecule has 0 saturated carbocycles. The number of ether oxygens (including phenoxy) is 1. The van der Waals surface area contributed by atoms with Crippen LogP contribution in [0.3, 0.4) is 0 Å². The van der Waals surface area contributed by atoms with Gasteiger partial charge in [-0.05, 0) is 24.6 Å². The molecule has 0 aliphatic carbocycles. The Morgan fingerprint density at radius 1 is 1.43 bits per heavy atom. The number of benzene rings is 1. The van der Waals surface area contributed by atoms with Gasteiger partial charge in [0.05, 0.1) is 12.7 Å². The first-order valence-corrected chi connectivity index (χ1v) is 4.31. The molecule has 3 heteroatoms. The van der Waals surface area contributed by atoms with E-state index in [9.17, 15) is 4.79 Å². The standard InChI is InChI=1S/C11H12O3/c1-2-7-14-10-5-3-9(4-6-10)8-11(12)13/h2-7H,8H2,1H3,(H,12,13)/b7-2-. The molecule has 1 aromatic rings. The maximum Gasteiger partial charge on any atom is 0.307 e. The van der Waals surface area contributed by atoms with E-state index in [0.29, 0.717) is 5.75 Å². The van der Waals surface area contributed by atoms with Gasteiger partial charge in [0, 0.05) is 0 Å². The molecule has 0 spiro atoms. The molecule has 0 bridgehead atoms. The van der Waals surface area contributed by atoms with Crippen molar-refractivity contribution in [1.82, 2.24) is 0 Å². The van der Waals surface area contributed by atoms with E-state index >= 15 is 0 Å². The van der Waals surface area contributed by atoms with E-state index < -0.39 is 5.97 Å². The summed E-state index contributed by atoms with van der Waals surface area (Å²) in [4.78, 5) is 10.4. The minimum Gasteiger partial charge on any atom is -0.481 e. The normalized spacial score (nSPS) is 10.4. The largest absolute Gasteiger partial charge is 0.481 e. The number of hydrogen-bond acceptors (Lipinski definition) is 2. The quantitative estimate of drug-likeness (QED) is 0.744. The van der Waals surface area contributed by atoms with E-state index in [4.69, 9.17) is 9.84 Å². The fourth-order valence-corrected chi connectivity index (χ4v) is 1.01. The third-order valence-corrected chi connectivity index (χ3v) is 1.62. The fraction of sp³-hybridized carbons (Fsp3) is 0.182. The number of carboxylic acid groups (broad SMARTS) is 1. The van der Waals surface area contributed by atoms with Gasteiger partial charge in [-0.2, -0.15) is 0 Å². The highest BCUT2D eigenvalue weighted by Crippen LogP contribution is 2.12. The minimum absolute atomic E-state index is 0.0455. The maximum atomic E-state index is 10.4. The molecule has 74 valence electrons. The Bertz CT molecular complexity index is 325. The number of rotatable bonds is 4. The molecule has 0 fully saturated rings. The van der Waals surface area contributed by atoms with E-state index in [1.807, 2.05) is 6.92 Å². The molecule has 0 radical (unpaired) electrons. The van der Waals surface area contributed by atoms with Crippen LogP contribution in [0.25, 0.3) is 0 Å². The van der Waals surface area contributed by atoms with Crippen molar-refractivity contribution in [2.75, 3.05) is 0 Å². The zero-order valence-electron chi connectivity index (χ0n) is 7.93. The molecule has 0 aliphatic rings. The van der Waals surface area contributed by atoms with Gasteiger partial charge in [0.2, 0.25) is 0 Å². The molecule has 0 atom stereocenters. The van der Waals surface area contributed by atoms with E-state index in [0.717, 1.165) is 5.56 Å². The molecule has 1 aromatic carbocycles. The number of allylic oxidation sites excluding steroid dienone is 1. The average Bonchev–Trinajstić information content (AvgIpc) is 2.16. The van der Waals surface area contributed by atoms with E-state index in [2.05, 4.69) is 0 Å². The van der Waals surface area contributed by atoms with Crippen LogP contribution in [0.5, 0.6) is 5.75 Å². The molecule has 1 N–H and O–H groups in total. The molecular weight excluding hydrogens is 180 g/mol. The van der Waals surface area contributed by atoms with Gasteiger partial charge in [-0.15, -0.1) is 0 Å². The molecule has 0 heterocycles. The van der Waals surface area contributed by atoms with Crippen LogP contribution in [0.15, 0.2) is 36.6 Å². The first kappa shape index (κ1) is 10.3. The summed E-state index contributed by atoms with van der Waals surface area (Å²) in [5.41, 5.74) is 0.769. The van der Waals surface area contributed by atoms with Crippen LogP contribution in [0.2, 0.25) is 0 Å². The highest BCUT2D eigenvalue weighted by atomic mass is 16.5. The van der Waals surface area contributed by atoms with Crippen molar-refractivity contribution in [3.63, 3.8) is 0 Å². The zero-order chi connectivity index (χ0) is 10.4. The van der Waals surface area contributed by atoms with Crippen LogP contribution in [-0.2, 0) is 11.2 Å². The highest BCUT2D eigenvalue weighted by molar-refractivity contribution is 5.70. The molecule has 3 nitrogen and oxygen atoms in total. The van der Waals surface area contributed by atoms with Gasteiger partial charge in [-0.3, -0.25) is 4.79 Å². The summed E-state index contributed by atoms with van der Waals surface area (Å²) in [5.74, 6) is -0.121. The second kappa shape index (κ2) is 5.07. The van der Waals surface area contributed by atoms with Gasteiger partial charge < -0.3 is 9.84 Å². The summed E-state index contributed by atoms with van der Waals surface area (Å²) < 4.78 is 5.19. The van der Waals surface area contributed by atoms with Crippen molar-refractivity contribution < 1.29 is 14.6 Å². The van der Waals surface area contributed by atoms with E-state index in [1.54, 1.807) is 36.6 Å². The summed E-state index contributed by atoms with van der Waals surface area (Å²) in [6.07, 6.45) is 3.40. The smallest absolute Gasteiger partial charge is 0.307 e. The Morgan fingerprint density at radius 2 is 2.07 bits per heavy atom. The molecular formula is C11H12O3. The topological polar surface area (TPSA) is 46.5 Å². The Hall–Kier alpha value is -1.77. The molecule has 0 unspecified atom stereocenters. The van der Waals surface area contributed by atoms with Crippen LogP contribution >= 0.6 is 0 Å². The molecule has 0 aromatic heterocycles. The Labute approximate surface area is 82.6 Å². The lowest BCUT2D eigenvalue weighted by molar-refractivity contribution is -0.136. The summed E-state index contributed by atoms with van der Waals surface area (Å²) in [7, 11) is 0. The summed E-state index contributed by atoms with van der Waals surface area (Å²) >= 11 is 0. The summed E-state index contributed by atoms with van der Waals surface area (Å²) in [6.45, 7) is 1.86. The molecule has 0 saturated heterocycles. The van der Waals surface area contributed by atoms with Gasteiger partial charge in [-0.25, -0.2) is 0 Å². The molecule has 0 aliphatic heterocycles. The lowest BCUT2D eigenvalue weighted by Crippen LogP contribution is -1.99. The number of carboxylic acids is 1. The van der Waals surface area contributed by atoms with Gasteiger partial charge >= 0.3 is 5.97 Å². The van der Waals surface area contributed by atoms with Gasteiger partial charge in [0.15, 0.2) is 0 Å². The lowest BCUT2D eigenvalue weighted by Gasteiger charge is -2.00. The van der Waals surface area contributed by atoms with Gasteiger partial charge in [0.1, 0.15) is 5.75 Å². The minimum atomic E-state index is -0.827. The first-order chi connectivity index (χ1) is 6.72. The van der Waals surface area contributed by atoms with Crippen LogP contribution in [-0.4, -0.2) is 11.1 Å². The van der Waals surface area contributed by atoms with Crippen molar-refractivity contribution in [3.05, 3.63) is 42.2 Å². The summed E-state index contributed by atoms with van der Waals surface area (Å²) in [5, 5.41) is 8.54. The van der Waals surface area contributed by atoms with Crippen molar-refractivity contribution >= 4 is 5.97 Å². The number of hydrogen-bond donors (Lipinski definition) is 1. The monoisotopic (exact) mass is 192 g/mol. The average molecular weight is 192 g/mol. The SMILES string of the molecule is C/C=C\Oc1ccc(CC(=O)O)cc1. The highest BCUT2D eigenvalue weighted by Gasteiger charge is 1.99. The van der Waals surface area contributed by atoms with Crippen LogP contribution in [0.1, 0.15) is 12.5 Å². The van der Waals surface area contributed by atoms with Crippen molar-refractivity contribution in [3.8, 4) is 5.75 Å². The van der Waals surface area contributed by atoms with E-state index in [1.165, 1.54) is 0 Å². The Morgan fingerprint density at radius 3 is 2.57 bits per heavy atom. The second-order valence-corrected chi connectivity index (χ2v) is 2.80. The van der Waals surface area contributed by atoms with Crippen LogP contribution in [0.4, 0.5) is 0 Å². The van der Waals surface area contributed by atoms with Crippen molar-refractivity contribution in [1.29, 1.82) is 0 Å². The van der Waals surface area contributed by atoms with E-state index in [-0.39, 0.29) is 6.42 Å². The third-order valence-electron chi connectivity index (χ3n) is 1.62. The van der Waals surface area contributed by atoms with Gasteiger partial charge in [0.25, 0.3) is 0 Å². The van der Waals surface area contributed by atoms with Crippen LogP contribution < -0.4 is 4.74 Å². The predicted octanol–water partition coefficient (Wildman–Crippen LogP) is 2.23. The maximum absolute atomic E-state index is 10.4. The van der Waals surface area contributed by atoms with Gasteiger partial charge in [-0.1, -0.05) is 18.2 Å². The second-order valence-electron chi connectivity index (χ2n) is 2.80. The molecule has 0 amide bonds. The summed E-state index contributed by atoms with van der Waals surface area (Å²) in [6, 6.07) is 6.98. The zero-order valence-corrected chi connectivity index (χ0v) is 7.93. The fourth-order valence-electron chi connectivity index (χ4n) is 1.01. The number of aliphatic carboxylic acids is 1. The molecule has 1 rings (SSSR count). The Balaban J connectivity index is 2.63. The van der Waals surface area contributed by atoms with Crippen molar-refractivity contribution in [2.45, 2.75) is 13.3 Å². The van der Waals surface area contributed by atoms with Crippen LogP contribution in [0, 0.1) is 0 Å². The number of carbonyl (C=O) groups is 1. The predicted molar refractivity (Wildman–Crippen MR) is 53.2 cm³/mol. The lowest BCUT2D eigenvalue weighted by atomic mass is 10.1.